The summed E-state index contributed by atoms with van der Waals surface area (Å²) in [6, 6.07) is -0.737. The summed E-state index contributed by atoms with van der Waals surface area (Å²) in [5, 5.41) is 4.83. The van der Waals surface area contributed by atoms with E-state index in [-0.39, 0.29) is 11.9 Å². The number of amides is 3. The number of carbonyl (C=O) groups excluding carboxylic acids is 2. The third-order valence-electron chi connectivity index (χ3n) is 2.55. The highest BCUT2D eigenvalue weighted by Crippen LogP contribution is 2.03. The highest BCUT2D eigenvalue weighted by Gasteiger charge is 2.23. The lowest BCUT2D eigenvalue weighted by Crippen LogP contribution is -2.52. The minimum Gasteiger partial charge on any atom is -0.379 e. The van der Waals surface area contributed by atoms with Crippen LogP contribution in [-0.4, -0.2) is 55.7 Å². The van der Waals surface area contributed by atoms with Gasteiger partial charge in [-0.1, -0.05) is 0 Å². The van der Waals surface area contributed by atoms with Crippen molar-refractivity contribution >= 4 is 11.9 Å². The Kier molecular flexibility index (Phi) is 5.21. The molecule has 0 saturated carbocycles. The standard InChI is InChI=1S/C10H19N3O3/c1-3-11-10(15)12-9(14)8(2)13-4-6-16-7-5-13/h8H,3-7H2,1-2H3,(H2,11,12,14,15). The molecule has 1 aliphatic heterocycles. The van der Waals surface area contributed by atoms with Crippen LogP contribution in [0.1, 0.15) is 13.8 Å². The molecule has 0 aliphatic carbocycles. The molecule has 0 spiro atoms. The number of rotatable bonds is 3. The summed E-state index contributed by atoms with van der Waals surface area (Å²) in [7, 11) is 0. The molecule has 1 unspecified atom stereocenters. The zero-order valence-electron chi connectivity index (χ0n) is 9.78. The quantitative estimate of drug-likeness (QED) is 0.688. The summed E-state index contributed by atoms with van der Waals surface area (Å²) in [4.78, 5) is 24.8. The van der Waals surface area contributed by atoms with E-state index >= 15 is 0 Å². The lowest BCUT2D eigenvalue weighted by molar-refractivity contribution is -0.126. The largest absolute Gasteiger partial charge is 0.379 e. The molecular formula is C10H19N3O3. The maximum Gasteiger partial charge on any atom is 0.321 e. The first-order chi connectivity index (χ1) is 7.65. The first-order valence-electron chi connectivity index (χ1n) is 5.55. The van der Waals surface area contributed by atoms with E-state index in [0.717, 1.165) is 13.1 Å². The van der Waals surface area contributed by atoms with Crippen molar-refractivity contribution in [2.45, 2.75) is 19.9 Å². The number of urea groups is 1. The SMILES string of the molecule is CCNC(=O)NC(=O)C(C)N1CCOCC1. The fraction of sp³-hybridized carbons (Fsp3) is 0.800. The molecule has 0 bridgehead atoms. The molecule has 1 rings (SSSR count). The molecule has 0 aromatic carbocycles. The molecule has 92 valence electrons. The van der Waals surface area contributed by atoms with Gasteiger partial charge < -0.3 is 10.1 Å². The van der Waals surface area contributed by atoms with Gasteiger partial charge in [0, 0.05) is 19.6 Å². The lowest BCUT2D eigenvalue weighted by atomic mass is 10.2. The second-order valence-corrected chi connectivity index (χ2v) is 3.67. The molecule has 0 aromatic rings. The predicted octanol–water partition coefficient (Wildman–Crippen LogP) is -0.447. The van der Waals surface area contributed by atoms with E-state index in [9.17, 15) is 9.59 Å². The predicted molar refractivity (Wildman–Crippen MR) is 59.1 cm³/mol. The zero-order valence-corrected chi connectivity index (χ0v) is 9.78. The van der Waals surface area contributed by atoms with Crippen molar-refractivity contribution in [3.8, 4) is 0 Å². The number of nitrogens with one attached hydrogen (secondary N) is 2. The molecular weight excluding hydrogens is 210 g/mol. The molecule has 6 nitrogen and oxygen atoms in total. The molecule has 3 amide bonds. The van der Waals surface area contributed by atoms with Crippen LogP contribution in [0.25, 0.3) is 0 Å². The van der Waals surface area contributed by atoms with Gasteiger partial charge in [0.2, 0.25) is 5.91 Å². The van der Waals surface area contributed by atoms with E-state index in [1.54, 1.807) is 13.8 Å². The molecule has 1 aliphatic rings. The number of hydrogen-bond acceptors (Lipinski definition) is 4. The second-order valence-electron chi connectivity index (χ2n) is 3.67. The third-order valence-corrected chi connectivity index (χ3v) is 2.55. The molecule has 1 fully saturated rings. The van der Waals surface area contributed by atoms with E-state index in [2.05, 4.69) is 10.6 Å². The van der Waals surface area contributed by atoms with Crippen molar-refractivity contribution in [2.75, 3.05) is 32.8 Å². The fourth-order valence-corrected chi connectivity index (χ4v) is 1.55. The average molecular weight is 229 g/mol. The Bertz CT molecular complexity index is 252. The summed E-state index contributed by atoms with van der Waals surface area (Å²) in [6.07, 6.45) is 0. The van der Waals surface area contributed by atoms with Crippen LogP contribution in [0, 0.1) is 0 Å². The maximum atomic E-state index is 11.7. The van der Waals surface area contributed by atoms with Gasteiger partial charge in [0.25, 0.3) is 0 Å². The number of morpholine rings is 1. The molecule has 0 radical (unpaired) electrons. The normalized spacial score (nSPS) is 18.9. The van der Waals surface area contributed by atoms with Crippen molar-refractivity contribution in [3.05, 3.63) is 0 Å². The Morgan fingerprint density at radius 1 is 1.38 bits per heavy atom. The highest BCUT2D eigenvalue weighted by atomic mass is 16.5. The third kappa shape index (κ3) is 3.79. The number of ether oxygens (including phenoxy) is 1. The Morgan fingerprint density at radius 2 is 2.00 bits per heavy atom. The van der Waals surface area contributed by atoms with Gasteiger partial charge in [-0.05, 0) is 13.8 Å². The van der Waals surface area contributed by atoms with E-state index in [4.69, 9.17) is 4.74 Å². The minimum atomic E-state index is -0.437. The molecule has 6 heteroatoms. The van der Waals surface area contributed by atoms with Crippen LogP contribution in [-0.2, 0) is 9.53 Å². The van der Waals surface area contributed by atoms with Gasteiger partial charge in [-0.25, -0.2) is 4.79 Å². The van der Waals surface area contributed by atoms with Gasteiger partial charge in [-0.3, -0.25) is 15.0 Å². The van der Waals surface area contributed by atoms with Gasteiger partial charge in [0.15, 0.2) is 0 Å². The zero-order chi connectivity index (χ0) is 12.0. The topological polar surface area (TPSA) is 70.7 Å². The summed E-state index contributed by atoms with van der Waals surface area (Å²) in [5.41, 5.74) is 0. The van der Waals surface area contributed by atoms with Crippen LogP contribution in [0.3, 0.4) is 0 Å². The van der Waals surface area contributed by atoms with Crippen molar-refractivity contribution in [3.63, 3.8) is 0 Å². The smallest absolute Gasteiger partial charge is 0.321 e. The summed E-state index contributed by atoms with van der Waals surface area (Å²) < 4.78 is 5.20. The number of carbonyl (C=O) groups is 2. The van der Waals surface area contributed by atoms with Crippen LogP contribution >= 0.6 is 0 Å². The monoisotopic (exact) mass is 229 g/mol. The highest BCUT2D eigenvalue weighted by molar-refractivity contribution is 5.96. The lowest BCUT2D eigenvalue weighted by Gasteiger charge is -2.31. The van der Waals surface area contributed by atoms with E-state index < -0.39 is 6.03 Å². The molecule has 0 aromatic heterocycles. The Morgan fingerprint density at radius 3 is 2.56 bits per heavy atom. The number of hydrogen-bond donors (Lipinski definition) is 2. The van der Waals surface area contributed by atoms with Crippen molar-refractivity contribution in [2.24, 2.45) is 0 Å². The molecule has 16 heavy (non-hydrogen) atoms. The molecule has 1 saturated heterocycles. The van der Waals surface area contributed by atoms with Crippen LogP contribution < -0.4 is 10.6 Å². The molecule has 2 N–H and O–H groups in total. The summed E-state index contributed by atoms with van der Waals surface area (Å²) in [6.45, 7) is 6.83. The first kappa shape index (κ1) is 12.9. The second kappa shape index (κ2) is 6.44. The fourth-order valence-electron chi connectivity index (χ4n) is 1.55. The van der Waals surface area contributed by atoms with Crippen molar-refractivity contribution in [1.82, 2.24) is 15.5 Å². The summed E-state index contributed by atoms with van der Waals surface area (Å²) in [5.74, 6) is -0.271. The molecule has 1 atom stereocenters. The van der Waals surface area contributed by atoms with Crippen LogP contribution in [0.4, 0.5) is 4.79 Å². The van der Waals surface area contributed by atoms with Crippen LogP contribution in [0.5, 0.6) is 0 Å². The van der Waals surface area contributed by atoms with Gasteiger partial charge >= 0.3 is 6.03 Å². The maximum absolute atomic E-state index is 11.7. The van der Waals surface area contributed by atoms with Crippen LogP contribution in [0.15, 0.2) is 0 Å². The Labute approximate surface area is 95.3 Å². The van der Waals surface area contributed by atoms with Gasteiger partial charge in [-0.15, -0.1) is 0 Å². The van der Waals surface area contributed by atoms with Gasteiger partial charge in [0.1, 0.15) is 0 Å². The Balaban J connectivity index is 2.37. The average Bonchev–Trinajstić information content (AvgIpc) is 2.29. The van der Waals surface area contributed by atoms with Crippen molar-refractivity contribution in [1.29, 1.82) is 0 Å². The van der Waals surface area contributed by atoms with Gasteiger partial charge in [-0.2, -0.15) is 0 Å². The molecule has 1 heterocycles. The first-order valence-corrected chi connectivity index (χ1v) is 5.55. The summed E-state index contributed by atoms with van der Waals surface area (Å²) >= 11 is 0. The number of nitrogens with zero attached hydrogens (tertiary/aromatic N) is 1. The van der Waals surface area contributed by atoms with Crippen molar-refractivity contribution < 1.29 is 14.3 Å². The van der Waals surface area contributed by atoms with E-state index in [1.807, 2.05) is 4.90 Å². The van der Waals surface area contributed by atoms with E-state index in [0.29, 0.717) is 19.8 Å². The number of imide groups is 1. The van der Waals surface area contributed by atoms with Crippen LogP contribution in [0.2, 0.25) is 0 Å². The van der Waals surface area contributed by atoms with Gasteiger partial charge in [0.05, 0.1) is 19.3 Å². The minimum absolute atomic E-state index is 0.271. The van der Waals surface area contributed by atoms with E-state index in [1.165, 1.54) is 0 Å². The Hall–Kier alpha value is -1.14.